The fourth-order valence-corrected chi connectivity index (χ4v) is 1.92. The van der Waals surface area contributed by atoms with E-state index in [-0.39, 0.29) is 17.4 Å². The van der Waals surface area contributed by atoms with E-state index in [1.54, 1.807) is 12.1 Å². The molecule has 80 valence electrons. The number of carbonyl (C=O) groups is 1. The minimum absolute atomic E-state index is 0.117. The zero-order valence-electron chi connectivity index (χ0n) is 8.72. The fourth-order valence-electron chi connectivity index (χ4n) is 1.92. The molecule has 1 N–H and O–H groups in total. The zero-order chi connectivity index (χ0) is 10.8. The molecule has 0 aromatic heterocycles. The maximum absolute atomic E-state index is 13.4. The lowest BCUT2D eigenvalue weighted by atomic mass is 10.0. The molecule has 1 aliphatic rings. The molecule has 0 amide bonds. The second-order valence-corrected chi connectivity index (χ2v) is 4.00. The van der Waals surface area contributed by atoms with Crippen molar-refractivity contribution in [2.45, 2.75) is 25.8 Å². The van der Waals surface area contributed by atoms with Gasteiger partial charge in [-0.1, -0.05) is 11.6 Å². The van der Waals surface area contributed by atoms with Gasteiger partial charge in [0.05, 0.1) is 11.6 Å². The number of rotatable bonds is 2. The van der Waals surface area contributed by atoms with Crippen LogP contribution in [-0.2, 0) is 0 Å². The van der Waals surface area contributed by atoms with E-state index in [0.717, 1.165) is 24.9 Å². The summed E-state index contributed by atoms with van der Waals surface area (Å²) in [5, 5.41) is 3.09. The Morgan fingerprint density at radius 1 is 1.53 bits per heavy atom. The molecular formula is C12H14FNO. The van der Waals surface area contributed by atoms with E-state index >= 15 is 0 Å². The van der Waals surface area contributed by atoms with Crippen LogP contribution < -0.4 is 5.32 Å². The van der Waals surface area contributed by atoms with E-state index in [2.05, 4.69) is 5.32 Å². The Morgan fingerprint density at radius 3 is 3.00 bits per heavy atom. The lowest BCUT2D eigenvalue weighted by Gasteiger charge is -2.10. The number of hydrogen-bond acceptors (Lipinski definition) is 2. The lowest BCUT2D eigenvalue weighted by Crippen LogP contribution is -2.31. The van der Waals surface area contributed by atoms with Crippen molar-refractivity contribution in [3.63, 3.8) is 0 Å². The van der Waals surface area contributed by atoms with Gasteiger partial charge >= 0.3 is 0 Å². The second kappa shape index (κ2) is 4.11. The Morgan fingerprint density at radius 2 is 2.33 bits per heavy atom. The first-order valence-corrected chi connectivity index (χ1v) is 5.22. The minimum atomic E-state index is -0.417. The first-order chi connectivity index (χ1) is 7.18. The topological polar surface area (TPSA) is 29.1 Å². The van der Waals surface area contributed by atoms with E-state index in [0.29, 0.717) is 0 Å². The molecule has 1 heterocycles. The summed E-state index contributed by atoms with van der Waals surface area (Å²) in [6.07, 6.45) is 1.80. The van der Waals surface area contributed by atoms with Crippen molar-refractivity contribution in [3.8, 4) is 0 Å². The Kier molecular flexibility index (Phi) is 2.82. The van der Waals surface area contributed by atoms with Gasteiger partial charge in [-0.25, -0.2) is 4.39 Å². The predicted octanol–water partition coefficient (Wildman–Crippen LogP) is 2.07. The van der Waals surface area contributed by atoms with Crippen LogP contribution in [0.15, 0.2) is 18.2 Å². The van der Waals surface area contributed by atoms with Gasteiger partial charge in [-0.3, -0.25) is 4.79 Å². The number of carbonyl (C=O) groups excluding carboxylic acids is 1. The summed E-state index contributed by atoms with van der Waals surface area (Å²) in [5.41, 5.74) is 1.13. The van der Waals surface area contributed by atoms with Crippen molar-refractivity contribution >= 4 is 5.78 Å². The van der Waals surface area contributed by atoms with E-state index in [1.165, 1.54) is 6.07 Å². The molecule has 1 aromatic carbocycles. The molecule has 3 heteroatoms. The van der Waals surface area contributed by atoms with Crippen LogP contribution in [0.5, 0.6) is 0 Å². The van der Waals surface area contributed by atoms with Crippen molar-refractivity contribution in [1.82, 2.24) is 5.32 Å². The Labute approximate surface area is 88.5 Å². The SMILES string of the molecule is Cc1ccc(F)c(C(=O)C2CCCN2)c1. The molecule has 0 aliphatic carbocycles. The zero-order valence-corrected chi connectivity index (χ0v) is 8.72. The van der Waals surface area contributed by atoms with Crippen LogP contribution in [0.25, 0.3) is 0 Å². The van der Waals surface area contributed by atoms with Gasteiger partial charge in [0.25, 0.3) is 0 Å². The third-order valence-electron chi connectivity index (χ3n) is 2.76. The molecule has 1 aromatic rings. The van der Waals surface area contributed by atoms with Crippen molar-refractivity contribution in [1.29, 1.82) is 0 Å². The highest BCUT2D eigenvalue weighted by molar-refractivity contribution is 6.00. The van der Waals surface area contributed by atoms with Crippen LogP contribution in [0.1, 0.15) is 28.8 Å². The Bertz CT molecular complexity index is 383. The van der Waals surface area contributed by atoms with Crippen LogP contribution in [-0.4, -0.2) is 18.4 Å². The number of ketones is 1. The standard InChI is InChI=1S/C12H14FNO/c1-8-4-5-10(13)9(7-8)12(15)11-3-2-6-14-11/h4-5,7,11,14H,2-3,6H2,1H3. The number of hydrogen-bond donors (Lipinski definition) is 1. The van der Waals surface area contributed by atoms with Crippen LogP contribution in [0, 0.1) is 12.7 Å². The Hall–Kier alpha value is -1.22. The molecule has 15 heavy (non-hydrogen) atoms. The molecule has 1 atom stereocenters. The van der Waals surface area contributed by atoms with Crippen LogP contribution in [0.4, 0.5) is 4.39 Å². The summed E-state index contributed by atoms with van der Waals surface area (Å²) in [6.45, 7) is 2.71. The number of Topliss-reactive ketones (excluding diaryl/α,β-unsaturated/α-hetero) is 1. The minimum Gasteiger partial charge on any atom is -0.307 e. The average molecular weight is 207 g/mol. The predicted molar refractivity (Wildman–Crippen MR) is 56.5 cm³/mol. The molecule has 2 nitrogen and oxygen atoms in total. The Balaban J connectivity index is 2.27. The van der Waals surface area contributed by atoms with Gasteiger partial charge in [0.1, 0.15) is 5.82 Å². The van der Waals surface area contributed by atoms with Crippen LogP contribution in [0.2, 0.25) is 0 Å². The van der Waals surface area contributed by atoms with E-state index in [1.807, 2.05) is 6.92 Å². The van der Waals surface area contributed by atoms with Crippen LogP contribution in [0.3, 0.4) is 0 Å². The summed E-state index contributed by atoms with van der Waals surface area (Å²) in [7, 11) is 0. The monoisotopic (exact) mass is 207 g/mol. The summed E-state index contributed by atoms with van der Waals surface area (Å²) in [4.78, 5) is 11.9. The highest BCUT2D eigenvalue weighted by Crippen LogP contribution is 2.16. The van der Waals surface area contributed by atoms with Gasteiger partial charge in [0.15, 0.2) is 5.78 Å². The smallest absolute Gasteiger partial charge is 0.182 e. The van der Waals surface area contributed by atoms with Crippen molar-refractivity contribution in [2.24, 2.45) is 0 Å². The van der Waals surface area contributed by atoms with Crippen molar-refractivity contribution in [3.05, 3.63) is 35.1 Å². The quantitative estimate of drug-likeness (QED) is 0.752. The molecule has 1 aliphatic heterocycles. The summed E-state index contributed by atoms with van der Waals surface area (Å²) < 4.78 is 13.4. The first-order valence-electron chi connectivity index (χ1n) is 5.22. The second-order valence-electron chi connectivity index (χ2n) is 4.00. The third-order valence-corrected chi connectivity index (χ3v) is 2.76. The highest BCUT2D eigenvalue weighted by Gasteiger charge is 2.25. The van der Waals surface area contributed by atoms with E-state index in [9.17, 15) is 9.18 Å². The molecular weight excluding hydrogens is 193 g/mol. The van der Waals surface area contributed by atoms with Gasteiger partial charge in [-0.15, -0.1) is 0 Å². The van der Waals surface area contributed by atoms with Crippen molar-refractivity contribution < 1.29 is 9.18 Å². The summed E-state index contributed by atoms with van der Waals surface area (Å²) in [5.74, 6) is -0.534. The van der Waals surface area contributed by atoms with E-state index in [4.69, 9.17) is 0 Å². The van der Waals surface area contributed by atoms with Gasteiger partial charge < -0.3 is 5.32 Å². The molecule has 0 spiro atoms. The molecule has 1 saturated heterocycles. The van der Waals surface area contributed by atoms with Gasteiger partial charge in [-0.2, -0.15) is 0 Å². The molecule has 0 bridgehead atoms. The molecule has 2 rings (SSSR count). The number of halogens is 1. The number of aryl methyl sites for hydroxylation is 1. The maximum atomic E-state index is 13.4. The third kappa shape index (κ3) is 2.07. The lowest BCUT2D eigenvalue weighted by molar-refractivity contribution is 0.0948. The average Bonchev–Trinajstić information content (AvgIpc) is 2.74. The molecule has 0 saturated carbocycles. The van der Waals surface area contributed by atoms with Crippen molar-refractivity contribution in [2.75, 3.05) is 6.54 Å². The maximum Gasteiger partial charge on any atom is 0.182 e. The summed E-state index contributed by atoms with van der Waals surface area (Å²) >= 11 is 0. The van der Waals surface area contributed by atoms with Gasteiger partial charge in [0, 0.05) is 0 Å². The summed E-state index contributed by atoms with van der Waals surface area (Å²) in [6, 6.07) is 4.46. The number of benzene rings is 1. The molecule has 0 radical (unpaired) electrons. The van der Waals surface area contributed by atoms with E-state index < -0.39 is 5.82 Å². The van der Waals surface area contributed by atoms with Gasteiger partial charge in [0.2, 0.25) is 0 Å². The normalized spacial score (nSPS) is 20.5. The highest BCUT2D eigenvalue weighted by atomic mass is 19.1. The molecule has 1 fully saturated rings. The van der Waals surface area contributed by atoms with Gasteiger partial charge in [-0.05, 0) is 38.4 Å². The fraction of sp³-hybridized carbons (Fsp3) is 0.417. The van der Waals surface area contributed by atoms with Crippen LogP contribution >= 0.6 is 0 Å². The number of nitrogens with one attached hydrogen (secondary N) is 1. The molecule has 1 unspecified atom stereocenters. The first kappa shape index (κ1) is 10.3. The largest absolute Gasteiger partial charge is 0.307 e.